The number of fused-ring (bicyclic) bond motifs is 1. The van der Waals surface area contributed by atoms with Crippen LogP contribution in [0.15, 0.2) is 47.6 Å². The van der Waals surface area contributed by atoms with Gasteiger partial charge in [0, 0.05) is 48.8 Å². The van der Waals surface area contributed by atoms with Crippen LogP contribution in [0.1, 0.15) is 21.6 Å². The number of aromatic nitrogens is 3. The average Bonchev–Trinajstić information content (AvgIpc) is 3.10. The number of carbonyl (C=O) groups excluding carboxylic acids is 1. The van der Waals surface area contributed by atoms with E-state index < -0.39 is 21.7 Å². The number of nitrogen functional groups attached to an aromatic ring is 1. The van der Waals surface area contributed by atoms with Crippen LogP contribution in [-0.4, -0.2) is 40.4 Å². The molecule has 1 aliphatic heterocycles. The van der Waals surface area contributed by atoms with Gasteiger partial charge in [0.1, 0.15) is 10.7 Å². The molecule has 0 saturated heterocycles. The number of pyridine rings is 1. The van der Waals surface area contributed by atoms with Crippen molar-refractivity contribution in [2.45, 2.75) is 17.9 Å². The first-order chi connectivity index (χ1) is 13.9. The average molecular weight is 416 g/mol. The van der Waals surface area contributed by atoms with E-state index in [1.54, 1.807) is 6.07 Å². The summed E-state index contributed by atoms with van der Waals surface area (Å²) in [4.78, 5) is 16.5. The maximum atomic E-state index is 14.0. The summed E-state index contributed by atoms with van der Waals surface area (Å²) in [6, 6.07) is 6.97. The number of benzene rings is 1. The third kappa shape index (κ3) is 3.45. The number of nitrogens with one attached hydrogen (secondary N) is 2. The van der Waals surface area contributed by atoms with E-state index in [9.17, 15) is 17.6 Å². The summed E-state index contributed by atoms with van der Waals surface area (Å²) in [5.41, 5.74) is 6.64. The van der Waals surface area contributed by atoms with Gasteiger partial charge in [-0.05, 0) is 24.3 Å². The highest BCUT2D eigenvalue weighted by molar-refractivity contribution is 7.89. The summed E-state index contributed by atoms with van der Waals surface area (Å²) in [5, 5.41) is 9.38. The number of nitrogens with zero attached hydrogens (tertiary/aromatic N) is 3. The molecule has 11 heteroatoms. The topological polar surface area (TPSA) is 134 Å². The van der Waals surface area contributed by atoms with Gasteiger partial charge in [-0.3, -0.25) is 14.9 Å². The van der Waals surface area contributed by atoms with E-state index in [0.717, 1.165) is 6.07 Å². The molecule has 0 unspecified atom stereocenters. The van der Waals surface area contributed by atoms with Gasteiger partial charge in [-0.1, -0.05) is 6.07 Å². The van der Waals surface area contributed by atoms with Crippen molar-refractivity contribution in [3.05, 3.63) is 65.4 Å². The van der Waals surface area contributed by atoms with Crippen LogP contribution in [0.5, 0.6) is 0 Å². The number of nitrogens with two attached hydrogens (primary N) is 1. The summed E-state index contributed by atoms with van der Waals surface area (Å²) < 4.78 is 41.0. The quantitative estimate of drug-likeness (QED) is 0.552. The predicted molar refractivity (Wildman–Crippen MR) is 103 cm³/mol. The number of sulfonamides is 1. The molecular formula is C18H17FN6O3S. The summed E-state index contributed by atoms with van der Waals surface area (Å²) in [6.07, 6.45) is 3.16. The van der Waals surface area contributed by atoms with E-state index in [1.807, 2.05) is 0 Å². The summed E-state index contributed by atoms with van der Waals surface area (Å²) >= 11 is 0. The zero-order valence-corrected chi connectivity index (χ0v) is 15.9. The van der Waals surface area contributed by atoms with Crippen LogP contribution >= 0.6 is 0 Å². The summed E-state index contributed by atoms with van der Waals surface area (Å²) in [6.45, 7) is 0.255. The molecule has 3 heterocycles. The minimum absolute atomic E-state index is 0.00539. The first kappa shape index (κ1) is 19.0. The van der Waals surface area contributed by atoms with Crippen molar-refractivity contribution in [1.29, 1.82) is 0 Å². The summed E-state index contributed by atoms with van der Waals surface area (Å²) in [7, 11) is -3.76. The lowest BCUT2D eigenvalue weighted by atomic mass is 10.1. The SMILES string of the molecule is Nc1cccc(F)c1C(=O)Nc1n[nH]c2c1CN(S(=O)(=O)c1cccnc1)CC2. The van der Waals surface area contributed by atoms with Crippen LogP contribution in [0, 0.1) is 5.82 Å². The largest absolute Gasteiger partial charge is 0.398 e. The fraction of sp³-hybridized carbons (Fsp3) is 0.167. The Hall–Kier alpha value is -3.31. The highest BCUT2D eigenvalue weighted by atomic mass is 32.2. The molecule has 0 bridgehead atoms. The van der Waals surface area contributed by atoms with Crippen molar-refractivity contribution in [2.24, 2.45) is 0 Å². The molecule has 0 atom stereocenters. The van der Waals surface area contributed by atoms with Crippen molar-refractivity contribution in [3.8, 4) is 0 Å². The van der Waals surface area contributed by atoms with Crippen molar-refractivity contribution in [2.75, 3.05) is 17.6 Å². The minimum Gasteiger partial charge on any atom is -0.398 e. The maximum Gasteiger partial charge on any atom is 0.261 e. The first-order valence-electron chi connectivity index (χ1n) is 8.69. The van der Waals surface area contributed by atoms with E-state index >= 15 is 0 Å². The van der Waals surface area contributed by atoms with E-state index in [2.05, 4.69) is 20.5 Å². The van der Waals surface area contributed by atoms with Gasteiger partial charge in [0.25, 0.3) is 5.91 Å². The molecule has 2 aromatic heterocycles. The van der Waals surface area contributed by atoms with Crippen LogP contribution in [0.3, 0.4) is 0 Å². The molecule has 29 heavy (non-hydrogen) atoms. The number of aromatic amines is 1. The second-order valence-electron chi connectivity index (χ2n) is 6.46. The fourth-order valence-corrected chi connectivity index (χ4v) is 4.55. The molecule has 0 radical (unpaired) electrons. The Labute approximate surface area is 165 Å². The molecule has 3 aromatic rings. The lowest BCUT2D eigenvalue weighted by Gasteiger charge is -2.26. The van der Waals surface area contributed by atoms with E-state index in [-0.39, 0.29) is 35.1 Å². The number of H-pyrrole nitrogens is 1. The zero-order valence-electron chi connectivity index (χ0n) is 15.1. The van der Waals surface area contributed by atoms with Gasteiger partial charge in [0.15, 0.2) is 5.82 Å². The molecule has 150 valence electrons. The highest BCUT2D eigenvalue weighted by Gasteiger charge is 2.32. The van der Waals surface area contributed by atoms with Crippen LogP contribution in [0.4, 0.5) is 15.9 Å². The Morgan fingerprint density at radius 1 is 1.28 bits per heavy atom. The van der Waals surface area contributed by atoms with Crippen LogP contribution in [-0.2, 0) is 23.0 Å². The first-order valence-corrected chi connectivity index (χ1v) is 10.1. The van der Waals surface area contributed by atoms with Gasteiger partial charge in [0.2, 0.25) is 10.0 Å². The highest BCUT2D eigenvalue weighted by Crippen LogP contribution is 2.28. The Bertz CT molecular complexity index is 1160. The van der Waals surface area contributed by atoms with Gasteiger partial charge in [-0.2, -0.15) is 9.40 Å². The van der Waals surface area contributed by atoms with Crippen molar-refractivity contribution >= 4 is 27.4 Å². The lowest BCUT2D eigenvalue weighted by molar-refractivity contribution is 0.102. The van der Waals surface area contributed by atoms with Gasteiger partial charge in [0.05, 0.1) is 5.56 Å². The van der Waals surface area contributed by atoms with E-state index in [4.69, 9.17) is 5.73 Å². The number of halogens is 1. The molecule has 1 aliphatic rings. The van der Waals surface area contributed by atoms with Gasteiger partial charge in [-0.15, -0.1) is 0 Å². The Morgan fingerprint density at radius 3 is 2.83 bits per heavy atom. The van der Waals surface area contributed by atoms with Gasteiger partial charge >= 0.3 is 0 Å². The fourth-order valence-electron chi connectivity index (χ4n) is 3.18. The van der Waals surface area contributed by atoms with Crippen LogP contribution < -0.4 is 11.1 Å². The predicted octanol–water partition coefficient (Wildman–Crippen LogP) is 1.53. The maximum absolute atomic E-state index is 14.0. The van der Waals surface area contributed by atoms with Crippen molar-refractivity contribution in [3.63, 3.8) is 0 Å². The molecule has 0 fully saturated rings. The number of rotatable bonds is 4. The molecule has 1 amide bonds. The Balaban J connectivity index is 1.60. The normalized spacial score (nSPS) is 14.4. The molecule has 0 aliphatic carbocycles. The van der Waals surface area contributed by atoms with Crippen LogP contribution in [0.25, 0.3) is 0 Å². The third-order valence-corrected chi connectivity index (χ3v) is 6.50. The molecule has 4 rings (SSSR count). The third-order valence-electron chi connectivity index (χ3n) is 4.68. The number of anilines is 2. The lowest BCUT2D eigenvalue weighted by Crippen LogP contribution is -2.36. The molecule has 0 spiro atoms. The number of hydrogen-bond donors (Lipinski definition) is 3. The molecule has 0 saturated carbocycles. The summed E-state index contributed by atoms with van der Waals surface area (Å²) in [5.74, 6) is -1.38. The van der Waals surface area contributed by atoms with E-state index in [0.29, 0.717) is 17.7 Å². The molecule has 9 nitrogen and oxygen atoms in total. The second-order valence-corrected chi connectivity index (χ2v) is 8.40. The van der Waals surface area contributed by atoms with Crippen molar-refractivity contribution < 1.29 is 17.6 Å². The number of hydrogen-bond acceptors (Lipinski definition) is 6. The van der Waals surface area contributed by atoms with Crippen LogP contribution in [0.2, 0.25) is 0 Å². The molecular weight excluding hydrogens is 399 g/mol. The monoisotopic (exact) mass is 416 g/mol. The molecule has 1 aromatic carbocycles. The Morgan fingerprint density at radius 2 is 2.10 bits per heavy atom. The van der Waals surface area contributed by atoms with E-state index in [1.165, 1.54) is 34.9 Å². The van der Waals surface area contributed by atoms with Crippen molar-refractivity contribution in [1.82, 2.24) is 19.5 Å². The number of amides is 1. The second kappa shape index (κ2) is 7.26. The molecule has 4 N–H and O–H groups in total. The van der Waals surface area contributed by atoms with Gasteiger partial charge < -0.3 is 11.1 Å². The zero-order chi connectivity index (χ0) is 20.6. The number of carbonyl (C=O) groups is 1. The van der Waals surface area contributed by atoms with Gasteiger partial charge in [-0.25, -0.2) is 12.8 Å². The standard InChI is InChI=1S/C18H17FN6O3S/c19-13-4-1-5-14(20)16(13)18(26)22-17-12-10-25(8-6-15(12)23-24-17)29(27,28)11-3-2-7-21-9-11/h1-5,7,9H,6,8,10,20H2,(H2,22,23,24,26). The Kier molecular flexibility index (Phi) is 4.76. The minimum atomic E-state index is -3.76. The smallest absolute Gasteiger partial charge is 0.261 e.